The molecule has 0 bridgehead atoms. The lowest BCUT2D eigenvalue weighted by atomic mass is 9.85. The van der Waals surface area contributed by atoms with E-state index in [9.17, 15) is 58.2 Å². The monoisotopic (exact) mass is 822 g/mol. The quantitative estimate of drug-likeness (QED) is 0.0866. The molecule has 4 heterocycles. The molecule has 8 amide bonds. The number of carbonyl (C=O) groups is 10. The number of hydrogen-bond donors (Lipinski definition) is 4. The second-order valence-corrected chi connectivity index (χ2v) is 14.8. The van der Waals surface area contributed by atoms with Crippen LogP contribution in [0.5, 0.6) is 0 Å². The summed E-state index contributed by atoms with van der Waals surface area (Å²) in [6, 6.07) is 7.87. The normalized spacial score (nSPS) is 16.9. The van der Waals surface area contributed by atoms with Gasteiger partial charge in [0.05, 0.1) is 0 Å². The van der Waals surface area contributed by atoms with Crippen LogP contribution in [0.3, 0.4) is 0 Å². The van der Waals surface area contributed by atoms with Gasteiger partial charge in [0.2, 0.25) is 0 Å². The van der Waals surface area contributed by atoms with Gasteiger partial charge < -0.3 is 10.2 Å². The molecule has 2 atom stereocenters. The van der Waals surface area contributed by atoms with E-state index in [0.29, 0.717) is 35.5 Å². The summed E-state index contributed by atoms with van der Waals surface area (Å²) in [6.45, 7) is 0.0708. The molecule has 8 rings (SSSR count). The van der Waals surface area contributed by atoms with Crippen LogP contribution in [0.15, 0.2) is 48.5 Å². The second kappa shape index (κ2) is 14.2. The van der Waals surface area contributed by atoms with E-state index in [1.165, 1.54) is 48.5 Å². The summed E-state index contributed by atoms with van der Waals surface area (Å²) in [6.07, 6.45) is 1.77. The van der Waals surface area contributed by atoms with Gasteiger partial charge in [-0.25, -0.2) is 9.59 Å². The third-order valence-electron chi connectivity index (χ3n) is 11.1. The second-order valence-electron chi connectivity index (χ2n) is 14.1. The van der Waals surface area contributed by atoms with Crippen LogP contribution in [0.2, 0.25) is 0 Å². The van der Waals surface area contributed by atoms with Crippen LogP contribution in [0.25, 0.3) is 21.5 Å². The minimum absolute atomic E-state index is 0.0103. The number of aliphatic carboxylic acids is 2. The van der Waals surface area contributed by atoms with E-state index in [2.05, 4.69) is 25.3 Å². The number of carboxylic acids is 2. The molecule has 16 nitrogen and oxygen atoms in total. The van der Waals surface area contributed by atoms with Crippen LogP contribution >= 0.6 is 25.3 Å². The number of imide groups is 4. The molecule has 4 aromatic carbocycles. The number of nitrogens with zero attached hydrogens (tertiary/aromatic N) is 4. The first-order valence-electron chi connectivity index (χ1n) is 18.1. The molecule has 0 aliphatic carbocycles. The topological polar surface area (TPSA) is 224 Å². The summed E-state index contributed by atoms with van der Waals surface area (Å²) in [5.41, 5.74) is 0.418. The van der Waals surface area contributed by atoms with Gasteiger partial charge in [-0.3, -0.25) is 58.0 Å². The molecule has 0 fully saturated rings. The Balaban J connectivity index is 0.932. The summed E-state index contributed by atoms with van der Waals surface area (Å²) in [7, 11) is 0. The van der Waals surface area contributed by atoms with Gasteiger partial charge in [0.15, 0.2) is 0 Å². The average molecular weight is 823 g/mol. The summed E-state index contributed by atoms with van der Waals surface area (Å²) >= 11 is 8.01. The van der Waals surface area contributed by atoms with Crippen molar-refractivity contribution in [3.05, 3.63) is 93.0 Å². The molecule has 58 heavy (non-hydrogen) atoms. The van der Waals surface area contributed by atoms with Gasteiger partial charge >= 0.3 is 11.9 Å². The molecule has 2 unspecified atom stereocenters. The summed E-state index contributed by atoms with van der Waals surface area (Å²) < 4.78 is 0. The minimum atomic E-state index is -1.53. The number of benzene rings is 4. The number of unbranched alkanes of at least 4 members (excludes halogenated alkanes) is 3. The van der Waals surface area contributed by atoms with Crippen LogP contribution in [0.4, 0.5) is 0 Å². The first kappa shape index (κ1) is 38.5. The Morgan fingerprint density at radius 2 is 0.638 bits per heavy atom. The van der Waals surface area contributed by atoms with Gasteiger partial charge in [0.1, 0.15) is 12.1 Å². The fourth-order valence-electron chi connectivity index (χ4n) is 8.29. The van der Waals surface area contributed by atoms with Crippen molar-refractivity contribution in [3.63, 3.8) is 0 Å². The van der Waals surface area contributed by atoms with Crippen molar-refractivity contribution in [2.75, 3.05) is 24.6 Å². The molecule has 4 aromatic rings. The molecule has 294 valence electrons. The third kappa shape index (κ3) is 5.45. The lowest BCUT2D eigenvalue weighted by Crippen LogP contribution is -2.51. The smallest absolute Gasteiger partial charge is 0.327 e. The Hall–Kier alpha value is -6.40. The molecular formula is C40H30N4O12S2. The van der Waals surface area contributed by atoms with Gasteiger partial charge in [-0.05, 0) is 61.4 Å². The first-order valence-corrected chi connectivity index (χ1v) is 19.4. The van der Waals surface area contributed by atoms with Crippen LogP contribution in [-0.4, -0.2) is 126 Å². The van der Waals surface area contributed by atoms with Crippen LogP contribution < -0.4 is 0 Å². The maximum Gasteiger partial charge on any atom is 0.327 e. The van der Waals surface area contributed by atoms with E-state index >= 15 is 0 Å². The highest BCUT2D eigenvalue weighted by atomic mass is 32.1. The largest absolute Gasteiger partial charge is 0.480 e. The van der Waals surface area contributed by atoms with E-state index in [4.69, 9.17) is 0 Å². The van der Waals surface area contributed by atoms with E-state index in [1.807, 2.05) is 0 Å². The number of carboxylic acid groups (broad SMARTS) is 2. The first-order chi connectivity index (χ1) is 27.7. The molecule has 4 aliphatic heterocycles. The van der Waals surface area contributed by atoms with Crippen LogP contribution in [0, 0.1) is 0 Å². The van der Waals surface area contributed by atoms with Crippen LogP contribution in [0.1, 0.15) is 109 Å². The van der Waals surface area contributed by atoms with Crippen molar-refractivity contribution >= 4 is 106 Å². The van der Waals surface area contributed by atoms with Crippen molar-refractivity contribution in [2.24, 2.45) is 0 Å². The SMILES string of the molecule is O=C(O)C(CS)N1C(=O)c2ccc3c4c(ccc(c24)C1=O)C(=O)N(CCCCCCN1C(=O)c2ccc4c5c(ccc(c25)C1=O)C(=O)N(C(CS)C(=O)O)C4=O)C3=O. The van der Waals surface area contributed by atoms with E-state index in [0.717, 1.165) is 9.80 Å². The zero-order valence-corrected chi connectivity index (χ0v) is 31.9. The van der Waals surface area contributed by atoms with Crippen molar-refractivity contribution < 1.29 is 58.2 Å². The molecule has 18 heteroatoms. The van der Waals surface area contributed by atoms with Gasteiger partial charge in [-0.2, -0.15) is 25.3 Å². The average Bonchev–Trinajstić information content (AvgIpc) is 3.20. The summed E-state index contributed by atoms with van der Waals surface area (Å²) in [4.78, 5) is 135. The third-order valence-corrected chi connectivity index (χ3v) is 11.8. The maximum absolute atomic E-state index is 13.7. The highest BCUT2D eigenvalue weighted by Crippen LogP contribution is 2.40. The molecule has 0 saturated heterocycles. The minimum Gasteiger partial charge on any atom is -0.480 e. The van der Waals surface area contributed by atoms with Crippen molar-refractivity contribution in [1.82, 2.24) is 19.6 Å². The van der Waals surface area contributed by atoms with E-state index in [1.54, 1.807) is 0 Å². The Labute approximate surface area is 338 Å². The summed E-state index contributed by atoms with van der Waals surface area (Å²) in [5, 5.41) is 19.8. The maximum atomic E-state index is 13.7. The van der Waals surface area contributed by atoms with Gasteiger partial charge in [-0.15, -0.1) is 0 Å². The van der Waals surface area contributed by atoms with Crippen molar-refractivity contribution in [2.45, 2.75) is 37.8 Å². The van der Waals surface area contributed by atoms with Crippen LogP contribution in [-0.2, 0) is 9.59 Å². The zero-order valence-electron chi connectivity index (χ0n) is 30.1. The standard InChI is InChI=1S/C40H30N4O12S2/c45-31-17-5-9-21-29-22(36(50)43(35(21)49)25(15-57)39(53)54)10-6-18(27(17)29)32(46)41(31)13-3-1-2-4-14-42-33(47)19-7-11-23-30-24(12-8-20(28(19)30)34(42)48)38(52)44(37(23)51)26(16-58)40(55)56/h5-12,25-26,57-58H,1-4,13-16H2,(H,53,54)(H,55,56). The van der Waals surface area contributed by atoms with Gasteiger partial charge in [-0.1, -0.05) is 12.8 Å². The fraction of sp³-hybridized carbons (Fsp3) is 0.250. The molecule has 0 radical (unpaired) electrons. The predicted octanol–water partition coefficient (Wildman–Crippen LogP) is 3.40. The number of thiol groups is 2. The van der Waals surface area contributed by atoms with E-state index in [-0.39, 0.29) is 90.6 Å². The van der Waals surface area contributed by atoms with Crippen molar-refractivity contribution in [1.29, 1.82) is 0 Å². The number of hydrogen-bond acceptors (Lipinski definition) is 12. The van der Waals surface area contributed by atoms with Gasteiger partial charge in [0, 0.05) is 90.6 Å². The van der Waals surface area contributed by atoms with E-state index < -0.39 is 71.3 Å². The summed E-state index contributed by atoms with van der Waals surface area (Å²) in [5.74, 6) is -9.43. The number of rotatable bonds is 13. The van der Waals surface area contributed by atoms with Gasteiger partial charge in [0.25, 0.3) is 47.3 Å². The highest BCUT2D eigenvalue weighted by Gasteiger charge is 2.45. The Kier molecular flexibility index (Phi) is 9.43. The molecule has 0 aromatic heterocycles. The zero-order chi connectivity index (χ0) is 41.5. The Bertz CT molecular complexity index is 2350. The lowest BCUT2D eigenvalue weighted by molar-refractivity contribution is -0.141. The van der Waals surface area contributed by atoms with Crippen molar-refractivity contribution in [3.8, 4) is 0 Å². The molecular weight excluding hydrogens is 793 g/mol. The number of amides is 8. The molecule has 4 aliphatic rings. The molecule has 2 N–H and O–H groups in total. The Morgan fingerprint density at radius 3 is 0.845 bits per heavy atom. The lowest BCUT2D eigenvalue weighted by Gasteiger charge is -2.33. The number of carbonyl (C=O) groups excluding carboxylic acids is 8. The predicted molar refractivity (Wildman–Crippen MR) is 209 cm³/mol. The highest BCUT2D eigenvalue weighted by molar-refractivity contribution is 7.80. The molecule has 0 spiro atoms. The molecule has 0 saturated carbocycles. The Morgan fingerprint density at radius 1 is 0.414 bits per heavy atom. The fourth-order valence-corrected chi connectivity index (χ4v) is 8.93.